The van der Waals surface area contributed by atoms with Gasteiger partial charge < -0.3 is 9.84 Å². The van der Waals surface area contributed by atoms with Crippen molar-refractivity contribution in [2.45, 2.75) is 6.61 Å². The van der Waals surface area contributed by atoms with Crippen molar-refractivity contribution < 1.29 is 18.6 Å². The molecule has 0 unspecified atom stereocenters. The van der Waals surface area contributed by atoms with Crippen molar-refractivity contribution in [3.8, 4) is 22.9 Å². The van der Waals surface area contributed by atoms with Crippen molar-refractivity contribution in [3.05, 3.63) is 58.9 Å². The van der Waals surface area contributed by atoms with Gasteiger partial charge in [-0.1, -0.05) is 12.1 Å². The highest BCUT2D eigenvalue weighted by molar-refractivity contribution is 7.71. The monoisotopic (exact) mass is 362 g/mol. The van der Waals surface area contributed by atoms with E-state index in [1.54, 1.807) is 36.4 Å². The van der Waals surface area contributed by atoms with Crippen LogP contribution in [0.15, 0.2) is 53.6 Å². The van der Waals surface area contributed by atoms with Crippen LogP contribution in [0, 0.1) is 4.77 Å². The maximum absolute atomic E-state index is 12.2. The first kappa shape index (κ1) is 16.8. The molecule has 128 valence electrons. The Hall–Kier alpha value is -3.07. The molecule has 0 saturated heterocycles. The predicted molar refractivity (Wildman–Crippen MR) is 90.6 cm³/mol. The standard InChI is InChI=1S/C16H12F2N4O2S/c17-15(18)24-13-6-4-11(5-7-13)14-20-21-16(25)22(14)19-9-10-2-1-3-12(23)8-10/h1-9,15,23H,(H,21,25)/b19-9-. The minimum atomic E-state index is -2.88. The summed E-state index contributed by atoms with van der Waals surface area (Å²) < 4.78 is 30.4. The summed E-state index contributed by atoms with van der Waals surface area (Å²) in [5.74, 6) is 0.572. The summed E-state index contributed by atoms with van der Waals surface area (Å²) in [4.78, 5) is 0. The molecule has 0 atom stereocenters. The highest BCUT2D eigenvalue weighted by atomic mass is 32.1. The minimum absolute atomic E-state index is 0.0442. The molecule has 2 N–H and O–H groups in total. The zero-order chi connectivity index (χ0) is 17.8. The van der Waals surface area contributed by atoms with Crippen LogP contribution >= 0.6 is 12.2 Å². The zero-order valence-electron chi connectivity index (χ0n) is 12.6. The fourth-order valence-corrected chi connectivity index (χ4v) is 2.28. The fraction of sp³-hybridized carbons (Fsp3) is 0.0625. The molecule has 0 bridgehead atoms. The molecule has 0 radical (unpaired) electrons. The van der Waals surface area contributed by atoms with E-state index in [4.69, 9.17) is 12.2 Å². The van der Waals surface area contributed by atoms with E-state index in [-0.39, 0.29) is 16.3 Å². The second-order valence-electron chi connectivity index (χ2n) is 4.91. The number of aromatic hydroxyl groups is 1. The third kappa shape index (κ3) is 4.07. The Morgan fingerprint density at radius 3 is 2.68 bits per heavy atom. The summed E-state index contributed by atoms with van der Waals surface area (Å²) in [5.41, 5.74) is 1.29. The molecular formula is C16H12F2N4O2S. The van der Waals surface area contributed by atoms with Gasteiger partial charge in [0.2, 0.25) is 4.77 Å². The molecule has 9 heteroatoms. The average Bonchev–Trinajstić information content (AvgIpc) is 2.94. The molecular weight excluding hydrogens is 350 g/mol. The van der Waals surface area contributed by atoms with Gasteiger partial charge in [-0.15, -0.1) is 0 Å². The van der Waals surface area contributed by atoms with Gasteiger partial charge in [-0.25, -0.2) is 5.10 Å². The summed E-state index contributed by atoms with van der Waals surface area (Å²) in [6.07, 6.45) is 1.52. The molecule has 0 spiro atoms. The van der Waals surface area contributed by atoms with Gasteiger partial charge in [0.1, 0.15) is 11.5 Å². The number of aromatic nitrogens is 3. The minimum Gasteiger partial charge on any atom is -0.508 e. The molecule has 0 saturated carbocycles. The summed E-state index contributed by atoms with van der Waals surface area (Å²) in [6, 6.07) is 12.5. The van der Waals surface area contributed by atoms with E-state index < -0.39 is 6.61 Å². The summed E-state index contributed by atoms with van der Waals surface area (Å²) >= 11 is 5.15. The van der Waals surface area contributed by atoms with Crippen molar-refractivity contribution in [1.29, 1.82) is 0 Å². The Labute approximate surface area is 146 Å². The Morgan fingerprint density at radius 2 is 2.00 bits per heavy atom. The van der Waals surface area contributed by atoms with Crippen molar-refractivity contribution >= 4 is 18.4 Å². The Balaban J connectivity index is 1.90. The van der Waals surface area contributed by atoms with E-state index in [2.05, 4.69) is 20.0 Å². The second kappa shape index (κ2) is 7.22. The van der Waals surface area contributed by atoms with Gasteiger partial charge >= 0.3 is 6.61 Å². The molecule has 25 heavy (non-hydrogen) atoms. The molecule has 6 nitrogen and oxygen atoms in total. The second-order valence-corrected chi connectivity index (χ2v) is 5.29. The lowest BCUT2D eigenvalue weighted by Gasteiger charge is -2.05. The lowest BCUT2D eigenvalue weighted by molar-refractivity contribution is -0.0498. The topological polar surface area (TPSA) is 75.4 Å². The van der Waals surface area contributed by atoms with Gasteiger partial charge in [0.15, 0.2) is 5.82 Å². The maximum atomic E-state index is 12.2. The number of hydrogen-bond acceptors (Lipinski definition) is 5. The first-order valence-electron chi connectivity index (χ1n) is 7.09. The van der Waals surface area contributed by atoms with E-state index in [9.17, 15) is 13.9 Å². The van der Waals surface area contributed by atoms with Crippen molar-refractivity contribution in [2.24, 2.45) is 5.10 Å². The number of ether oxygens (including phenoxy) is 1. The Kier molecular flexibility index (Phi) is 4.85. The number of halogens is 2. The number of benzene rings is 2. The van der Waals surface area contributed by atoms with Gasteiger partial charge in [-0.3, -0.25) is 0 Å². The highest BCUT2D eigenvalue weighted by Gasteiger charge is 2.10. The third-order valence-electron chi connectivity index (χ3n) is 3.18. The number of phenols is 1. The van der Waals surface area contributed by atoms with E-state index in [0.717, 1.165) is 0 Å². The first-order valence-corrected chi connectivity index (χ1v) is 7.50. The van der Waals surface area contributed by atoms with Crippen LogP contribution in [-0.2, 0) is 0 Å². The van der Waals surface area contributed by atoms with E-state index in [1.807, 2.05) is 0 Å². The number of nitrogens with one attached hydrogen (secondary N) is 1. The van der Waals surface area contributed by atoms with Crippen LogP contribution in [0.2, 0.25) is 0 Å². The van der Waals surface area contributed by atoms with E-state index >= 15 is 0 Å². The number of hydrogen-bond donors (Lipinski definition) is 2. The number of H-pyrrole nitrogens is 1. The van der Waals surface area contributed by atoms with Crippen molar-refractivity contribution in [2.75, 3.05) is 0 Å². The van der Waals surface area contributed by atoms with Crippen LogP contribution in [0.3, 0.4) is 0 Å². The van der Waals surface area contributed by atoms with Crippen LogP contribution in [0.25, 0.3) is 11.4 Å². The Bertz CT molecular complexity index is 951. The van der Waals surface area contributed by atoms with Crippen LogP contribution in [0.4, 0.5) is 8.78 Å². The highest BCUT2D eigenvalue weighted by Crippen LogP contribution is 2.22. The van der Waals surface area contributed by atoms with Gasteiger partial charge in [0.25, 0.3) is 0 Å². The quantitative estimate of drug-likeness (QED) is 0.535. The maximum Gasteiger partial charge on any atom is 0.387 e. The number of rotatable bonds is 5. The van der Waals surface area contributed by atoms with Gasteiger partial charge in [0, 0.05) is 5.56 Å². The lowest BCUT2D eigenvalue weighted by atomic mass is 10.2. The number of aromatic amines is 1. The molecule has 3 aromatic rings. The Morgan fingerprint density at radius 1 is 1.24 bits per heavy atom. The van der Waals surface area contributed by atoms with Crippen molar-refractivity contribution in [1.82, 2.24) is 14.9 Å². The van der Waals surface area contributed by atoms with Gasteiger partial charge in [-0.05, 0) is 54.2 Å². The predicted octanol–water partition coefficient (Wildman–Crippen LogP) is 3.80. The summed E-state index contributed by atoms with van der Waals surface area (Å²) in [6.45, 7) is -2.88. The molecule has 0 amide bonds. The molecule has 0 aliphatic heterocycles. The zero-order valence-corrected chi connectivity index (χ0v) is 13.5. The molecule has 0 aliphatic carbocycles. The molecule has 2 aromatic carbocycles. The van der Waals surface area contributed by atoms with Crippen LogP contribution in [-0.4, -0.2) is 32.8 Å². The van der Waals surface area contributed by atoms with Crippen molar-refractivity contribution in [3.63, 3.8) is 0 Å². The molecule has 0 aliphatic rings. The largest absolute Gasteiger partial charge is 0.508 e. The first-order chi connectivity index (χ1) is 12.0. The van der Waals surface area contributed by atoms with Gasteiger partial charge in [-0.2, -0.15) is 23.7 Å². The molecule has 1 heterocycles. The van der Waals surface area contributed by atoms with Crippen LogP contribution in [0.5, 0.6) is 11.5 Å². The molecule has 3 rings (SSSR count). The normalized spacial score (nSPS) is 11.3. The smallest absolute Gasteiger partial charge is 0.387 e. The third-order valence-corrected chi connectivity index (χ3v) is 3.44. The van der Waals surface area contributed by atoms with Crippen LogP contribution < -0.4 is 4.74 Å². The van der Waals surface area contributed by atoms with Gasteiger partial charge in [0.05, 0.1) is 6.21 Å². The van der Waals surface area contributed by atoms with E-state index in [1.165, 1.54) is 23.0 Å². The fourth-order valence-electron chi connectivity index (χ4n) is 2.10. The number of nitrogens with zero attached hydrogens (tertiary/aromatic N) is 3. The molecule has 1 aromatic heterocycles. The molecule has 0 fully saturated rings. The SMILES string of the molecule is Oc1cccc(/C=N\n2c(-c3ccc(OC(F)F)cc3)n[nH]c2=S)c1. The number of phenolic OH excluding ortho intramolecular Hbond substituents is 1. The van der Waals surface area contributed by atoms with E-state index in [0.29, 0.717) is 17.0 Å². The number of alkyl halides is 2. The summed E-state index contributed by atoms with van der Waals surface area (Å²) in [5, 5.41) is 20.5. The summed E-state index contributed by atoms with van der Waals surface area (Å²) in [7, 11) is 0. The van der Waals surface area contributed by atoms with Crippen LogP contribution in [0.1, 0.15) is 5.56 Å². The lowest BCUT2D eigenvalue weighted by Crippen LogP contribution is -2.01. The average molecular weight is 362 g/mol.